The molecule has 2 N–H and O–H groups in total. The zero-order chi connectivity index (χ0) is 9.40. The number of rotatable bonds is 1. The maximum Gasteiger partial charge on any atom is 0.692 e. The predicted molar refractivity (Wildman–Crippen MR) is 45.0 cm³/mol. The molecular weight excluding hydrogens is 179 g/mol. The van der Waals surface area contributed by atoms with E-state index in [0.29, 0.717) is 0 Å². The Labute approximate surface area is 71.4 Å². The molecule has 0 saturated heterocycles. The van der Waals surface area contributed by atoms with Crippen molar-refractivity contribution in [2.24, 2.45) is 0 Å². The van der Waals surface area contributed by atoms with Gasteiger partial charge in [0.15, 0.2) is 0 Å². The maximum absolute atomic E-state index is 8.70. The lowest BCUT2D eigenvalue weighted by atomic mass is 10.3. The molecule has 0 saturated carbocycles. The van der Waals surface area contributed by atoms with Crippen LogP contribution in [0.4, 0.5) is 0 Å². The Morgan fingerprint density at radius 3 is 1.92 bits per heavy atom. The third-order valence-electron chi connectivity index (χ3n) is 0.979. The minimum atomic E-state index is -2.87. The standard InChI is InChI=1S/C7H8O.HO3P/c1-8-7-5-3-2-4-6-7;1-4(2)3/h2-6H,1H3;(H-,1,2,3)/p+1. The molecule has 1 aromatic carbocycles. The highest BCUT2D eigenvalue weighted by molar-refractivity contribution is 7.30. The fraction of sp³-hybridized carbons (Fsp3) is 0.143. The van der Waals surface area contributed by atoms with Crippen LogP contribution in [0.25, 0.3) is 0 Å². The molecule has 0 unspecified atom stereocenters. The van der Waals surface area contributed by atoms with E-state index in [0.717, 1.165) is 5.75 Å². The molecule has 0 aliphatic rings. The van der Waals surface area contributed by atoms with E-state index in [1.165, 1.54) is 0 Å². The molecule has 4 nitrogen and oxygen atoms in total. The van der Waals surface area contributed by atoms with Crippen molar-refractivity contribution in [3.05, 3.63) is 30.3 Å². The van der Waals surface area contributed by atoms with Gasteiger partial charge in [-0.1, -0.05) is 18.2 Å². The summed E-state index contributed by atoms with van der Waals surface area (Å²) in [6.45, 7) is 0. The molecule has 5 heteroatoms. The molecule has 12 heavy (non-hydrogen) atoms. The van der Waals surface area contributed by atoms with E-state index in [2.05, 4.69) is 0 Å². The molecule has 0 atom stereocenters. The topological polar surface area (TPSA) is 66.8 Å². The zero-order valence-corrected chi connectivity index (χ0v) is 7.44. The summed E-state index contributed by atoms with van der Waals surface area (Å²) < 4.78 is 13.6. The average molecular weight is 189 g/mol. The number of methoxy groups -OCH3 is 1. The van der Waals surface area contributed by atoms with Gasteiger partial charge in [-0.2, -0.15) is 0 Å². The summed E-state index contributed by atoms with van der Waals surface area (Å²) in [4.78, 5) is 14.2. The van der Waals surface area contributed by atoms with Gasteiger partial charge in [-0.05, 0) is 12.1 Å². The lowest BCUT2D eigenvalue weighted by molar-refractivity contribution is 0.405. The number of ether oxygens (including phenoxy) is 1. The first-order valence-corrected chi connectivity index (χ1v) is 4.27. The SMILES string of the molecule is COc1ccccc1.O=[P+](O)O. The fourth-order valence-electron chi connectivity index (χ4n) is 0.557. The summed E-state index contributed by atoms with van der Waals surface area (Å²) in [5.41, 5.74) is 0. The normalized spacial score (nSPS) is 7.92. The largest absolute Gasteiger partial charge is 0.692 e. The highest BCUT2D eigenvalue weighted by atomic mass is 31.1. The molecule has 0 amide bonds. The van der Waals surface area contributed by atoms with Crippen molar-refractivity contribution in [2.75, 3.05) is 7.11 Å². The van der Waals surface area contributed by atoms with E-state index < -0.39 is 8.25 Å². The minimum absolute atomic E-state index is 0.910. The third-order valence-corrected chi connectivity index (χ3v) is 0.979. The molecule has 0 radical (unpaired) electrons. The van der Waals surface area contributed by atoms with E-state index in [9.17, 15) is 0 Å². The van der Waals surface area contributed by atoms with Crippen molar-refractivity contribution in [1.29, 1.82) is 0 Å². The summed E-state index contributed by atoms with van der Waals surface area (Å²) in [5, 5.41) is 0. The van der Waals surface area contributed by atoms with Gasteiger partial charge < -0.3 is 4.74 Å². The Morgan fingerprint density at radius 2 is 1.67 bits per heavy atom. The van der Waals surface area contributed by atoms with E-state index >= 15 is 0 Å². The monoisotopic (exact) mass is 189 g/mol. The Balaban J connectivity index is 0.000000261. The van der Waals surface area contributed by atoms with Crippen LogP contribution in [-0.4, -0.2) is 16.9 Å². The van der Waals surface area contributed by atoms with Crippen molar-refractivity contribution >= 4 is 8.25 Å². The molecule has 1 aromatic rings. The highest BCUT2D eigenvalue weighted by Gasteiger charge is 1.93. The van der Waals surface area contributed by atoms with Crippen LogP contribution < -0.4 is 4.74 Å². The van der Waals surface area contributed by atoms with E-state index in [1.54, 1.807) is 7.11 Å². The van der Waals surface area contributed by atoms with Gasteiger partial charge in [0, 0.05) is 4.57 Å². The lowest BCUT2D eigenvalue weighted by Crippen LogP contribution is -1.78. The van der Waals surface area contributed by atoms with Gasteiger partial charge in [0.05, 0.1) is 7.11 Å². The highest BCUT2D eigenvalue weighted by Crippen LogP contribution is 2.05. The number of benzene rings is 1. The van der Waals surface area contributed by atoms with Crippen LogP contribution in [0.1, 0.15) is 0 Å². The smallest absolute Gasteiger partial charge is 0.497 e. The molecule has 0 fully saturated rings. The van der Waals surface area contributed by atoms with Gasteiger partial charge in [0.2, 0.25) is 0 Å². The van der Waals surface area contributed by atoms with Gasteiger partial charge in [0.25, 0.3) is 0 Å². The Hall–Kier alpha value is -0.960. The van der Waals surface area contributed by atoms with Crippen LogP contribution in [0.5, 0.6) is 5.75 Å². The Kier molecular flexibility index (Phi) is 6.19. The van der Waals surface area contributed by atoms with Gasteiger partial charge in [-0.3, -0.25) is 0 Å². The summed E-state index contributed by atoms with van der Waals surface area (Å²) in [5.74, 6) is 0.910. The van der Waals surface area contributed by atoms with Crippen LogP contribution in [0, 0.1) is 0 Å². The molecule has 0 bridgehead atoms. The van der Waals surface area contributed by atoms with Gasteiger partial charge in [0.1, 0.15) is 5.75 Å². The predicted octanol–water partition coefficient (Wildman–Crippen LogP) is 1.32. The fourth-order valence-corrected chi connectivity index (χ4v) is 0.557. The molecule has 0 aliphatic carbocycles. The van der Waals surface area contributed by atoms with Gasteiger partial charge in [-0.15, -0.1) is 9.79 Å². The third kappa shape index (κ3) is 7.15. The van der Waals surface area contributed by atoms with Gasteiger partial charge >= 0.3 is 8.25 Å². The first kappa shape index (κ1) is 11.0. The van der Waals surface area contributed by atoms with E-state index in [1.807, 2.05) is 30.3 Å². The van der Waals surface area contributed by atoms with Crippen molar-refractivity contribution in [3.63, 3.8) is 0 Å². The maximum atomic E-state index is 8.70. The first-order valence-electron chi connectivity index (χ1n) is 3.11. The van der Waals surface area contributed by atoms with Crippen molar-refractivity contribution in [3.8, 4) is 5.75 Å². The summed E-state index contributed by atoms with van der Waals surface area (Å²) in [7, 11) is -1.21. The molecule has 0 aromatic heterocycles. The van der Waals surface area contributed by atoms with Crippen LogP contribution >= 0.6 is 8.25 Å². The summed E-state index contributed by atoms with van der Waals surface area (Å²) >= 11 is 0. The summed E-state index contributed by atoms with van der Waals surface area (Å²) in [6.07, 6.45) is 0. The number of hydrogen-bond donors (Lipinski definition) is 2. The number of hydrogen-bond acceptors (Lipinski definition) is 2. The lowest BCUT2D eigenvalue weighted by Gasteiger charge is -1.93. The van der Waals surface area contributed by atoms with Gasteiger partial charge in [-0.25, -0.2) is 0 Å². The zero-order valence-electron chi connectivity index (χ0n) is 6.54. The molecule has 0 spiro atoms. The quantitative estimate of drug-likeness (QED) is 0.654. The summed E-state index contributed by atoms with van der Waals surface area (Å²) in [6, 6.07) is 9.68. The second-order valence-corrected chi connectivity index (χ2v) is 2.28. The first-order chi connectivity index (χ1) is 5.66. The molecular formula is C7H10O4P+. The van der Waals surface area contributed by atoms with Crippen molar-refractivity contribution < 1.29 is 19.1 Å². The second-order valence-electron chi connectivity index (χ2n) is 1.77. The molecule has 66 valence electrons. The molecule has 1 rings (SSSR count). The molecule has 0 heterocycles. The minimum Gasteiger partial charge on any atom is -0.497 e. The van der Waals surface area contributed by atoms with Crippen molar-refractivity contribution in [1.82, 2.24) is 0 Å². The Morgan fingerprint density at radius 1 is 1.25 bits per heavy atom. The van der Waals surface area contributed by atoms with E-state index in [4.69, 9.17) is 19.1 Å². The Bertz CT molecular complexity index is 220. The van der Waals surface area contributed by atoms with Crippen LogP contribution in [0.15, 0.2) is 30.3 Å². The van der Waals surface area contributed by atoms with Crippen LogP contribution in [-0.2, 0) is 4.57 Å². The second kappa shape index (κ2) is 6.73. The molecule has 0 aliphatic heterocycles. The number of para-hydroxylation sites is 1. The average Bonchev–Trinajstić information content (AvgIpc) is 2.05. The van der Waals surface area contributed by atoms with E-state index in [-0.39, 0.29) is 0 Å². The van der Waals surface area contributed by atoms with Crippen LogP contribution in [0.2, 0.25) is 0 Å². The van der Waals surface area contributed by atoms with Crippen molar-refractivity contribution in [2.45, 2.75) is 0 Å². The van der Waals surface area contributed by atoms with Crippen LogP contribution in [0.3, 0.4) is 0 Å².